The van der Waals surface area contributed by atoms with Gasteiger partial charge in [-0.15, -0.1) is 0 Å². The third-order valence-electron chi connectivity index (χ3n) is 1.97. The Hall–Kier alpha value is -0.610. The molecule has 2 atom stereocenters. The van der Waals surface area contributed by atoms with E-state index in [1.165, 1.54) is 0 Å². The number of ether oxygens (including phenoxy) is 2. The van der Waals surface area contributed by atoms with Crippen molar-refractivity contribution in [1.82, 2.24) is 0 Å². The molecule has 0 aromatic rings. The maximum absolute atomic E-state index is 11.4. The molecule has 0 radical (unpaired) electrons. The van der Waals surface area contributed by atoms with E-state index in [4.69, 9.17) is 15.2 Å². The first-order valence-corrected chi connectivity index (χ1v) is 5.42. The van der Waals surface area contributed by atoms with Crippen LogP contribution in [-0.4, -0.2) is 30.8 Å². The fraction of sp³-hybridized carbons (Fsp3) is 0.909. The highest BCUT2D eigenvalue weighted by Gasteiger charge is 2.20. The molecule has 0 aliphatic carbocycles. The SMILES string of the molecule is CC(C)OCC(C)OC(=O)C(N)C(C)C. The number of carbonyl (C=O) groups excluding carboxylic acids is 1. The second-order valence-corrected chi connectivity index (χ2v) is 4.40. The summed E-state index contributed by atoms with van der Waals surface area (Å²) >= 11 is 0. The van der Waals surface area contributed by atoms with Crippen molar-refractivity contribution >= 4 is 5.97 Å². The Balaban J connectivity index is 3.85. The molecule has 15 heavy (non-hydrogen) atoms. The molecule has 0 fully saturated rings. The van der Waals surface area contributed by atoms with Crippen molar-refractivity contribution in [3.05, 3.63) is 0 Å². The van der Waals surface area contributed by atoms with Crippen molar-refractivity contribution in [1.29, 1.82) is 0 Å². The van der Waals surface area contributed by atoms with E-state index in [-0.39, 0.29) is 24.1 Å². The average molecular weight is 217 g/mol. The molecule has 0 aliphatic rings. The van der Waals surface area contributed by atoms with Gasteiger partial charge in [0.2, 0.25) is 0 Å². The molecule has 4 heteroatoms. The van der Waals surface area contributed by atoms with Crippen LogP contribution in [0, 0.1) is 5.92 Å². The third kappa shape index (κ3) is 6.47. The Morgan fingerprint density at radius 2 is 1.73 bits per heavy atom. The van der Waals surface area contributed by atoms with E-state index in [9.17, 15) is 4.79 Å². The van der Waals surface area contributed by atoms with Crippen molar-refractivity contribution in [3.8, 4) is 0 Å². The van der Waals surface area contributed by atoms with E-state index >= 15 is 0 Å². The fourth-order valence-corrected chi connectivity index (χ4v) is 0.911. The van der Waals surface area contributed by atoms with Crippen LogP contribution in [0.3, 0.4) is 0 Å². The van der Waals surface area contributed by atoms with E-state index in [1.54, 1.807) is 6.92 Å². The van der Waals surface area contributed by atoms with Gasteiger partial charge in [0.1, 0.15) is 12.1 Å². The molecule has 0 amide bonds. The lowest BCUT2D eigenvalue weighted by Crippen LogP contribution is -2.39. The Bertz CT molecular complexity index is 192. The summed E-state index contributed by atoms with van der Waals surface area (Å²) in [5.41, 5.74) is 5.65. The lowest BCUT2D eigenvalue weighted by atomic mass is 10.1. The summed E-state index contributed by atoms with van der Waals surface area (Å²) in [6.07, 6.45) is -0.102. The molecule has 4 nitrogen and oxygen atoms in total. The van der Waals surface area contributed by atoms with Gasteiger partial charge in [-0.1, -0.05) is 13.8 Å². The molecule has 0 aromatic heterocycles. The first-order chi connectivity index (χ1) is 6.84. The van der Waals surface area contributed by atoms with Crippen molar-refractivity contribution in [3.63, 3.8) is 0 Å². The highest BCUT2D eigenvalue weighted by molar-refractivity contribution is 5.75. The highest BCUT2D eigenvalue weighted by atomic mass is 16.6. The van der Waals surface area contributed by atoms with Crippen molar-refractivity contribution < 1.29 is 14.3 Å². The van der Waals surface area contributed by atoms with E-state index in [1.807, 2.05) is 27.7 Å². The van der Waals surface area contributed by atoms with Gasteiger partial charge in [-0.3, -0.25) is 4.79 Å². The topological polar surface area (TPSA) is 61.5 Å². The quantitative estimate of drug-likeness (QED) is 0.682. The lowest BCUT2D eigenvalue weighted by molar-refractivity contribution is -0.154. The number of esters is 1. The lowest BCUT2D eigenvalue weighted by Gasteiger charge is -2.19. The zero-order valence-corrected chi connectivity index (χ0v) is 10.3. The van der Waals surface area contributed by atoms with Gasteiger partial charge < -0.3 is 15.2 Å². The maximum Gasteiger partial charge on any atom is 0.323 e. The van der Waals surface area contributed by atoms with E-state index < -0.39 is 6.04 Å². The van der Waals surface area contributed by atoms with Crippen molar-refractivity contribution in [2.45, 2.75) is 52.9 Å². The summed E-state index contributed by atoms with van der Waals surface area (Å²) in [5.74, 6) is -0.263. The van der Waals surface area contributed by atoms with Crippen molar-refractivity contribution in [2.75, 3.05) is 6.61 Å². The second kappa shape index (κ2) is 6.80. The molecule has 0 spiro atoms. The Labute approximate surface area is 92.1 Å². The fourth-order valence-electron chi connectivity index (χ4n) is 0.911. The zero-order chi connectivity index (χ0) is 12.0. The van der Waals surface area contributed by atoms with Gasteiger partial charge in [-0.05, 0) is 26.7 Å². The minimum Gasteiger partial charge on any atom is -0.459 e. The smallest absolute Gasteiger partial charge is 0.323 e. The molecule has 90 valence electrons. The summed E-state index contributed by atoms with van der Waals surface area (Å²) in [7, 11) is 0. The molecule has 0 rings (SSSR count). The third-order valence-corrected chi connectivity index (χ3v) is 1.97. The molecular weight excluding hydrogens is 194 g/mol. The van der Waals surface area contributed by atoms with E-state index in [0.717, 1.165) is 0 Å². The van der Waals surface area contributed by atoms with Crippen LogP contribution in [0.2, 0.25) is 0 Å². The van der Waals surface area contributed by atoms with Gasteiger partial charge in [0.15, 0.2) is 0 Å². The summed E-state index contributed by atoms with van der Waals surface area (Å²) in [5, 5.41) is 0. The van der Waals surface area contributed by atoms with Crippen LogP contribution >= 0.6 is 0 Å². The van der Waals surface area contributed by atoms with Crippen LogP contribution in [0.15, 0.2) is 0 Å². The van der Waals surface area contributed by atoms with Crippen LogP contribution in [0.4, 0.5) is 0 Å². The number of hydrogen-bond donors (Lipinski definition) is 1. The number of rotatable bonds is 6. The average Bonchev–Trinajstić information content (AvgIpc) is 2.13. The molecule has 0 heterocycles. The highest BCUT2D eigenvalue weighted by Crippen LogP contribution is 2.03. The summed E-state index contributed by atoms with van der Waals surface area (Å²) in [6, 6.07) is -0.550. The maximum atomic E-state index is 11.4. The number of nitrogens with two attached hydrogens (primary N) is 1. The van der Waals surface area contributed by atoms with Crippen LogP contribution in [-0.2, 0) is 14.3 Å². The number of carbonyl (C=O) groups is 1. The first kappa shape index (κ1) is 14.4. The summed E-state index contributed by atoms with van der Waals surface area (Å²) in [6.45, 7) is 9.87. The molecule has 0 saturated heterocycles. The minimum absolute atomic E-state index is 0.0933. The van der Waals surface area contributed by atoms with Crippen LogP contribution in [0.5, 0.6) is 0 Å². The minimum atomic E-state index is -0.550. The first-order valence-electron chi connectivity index (χ1n) is 5.42. The van der Waals surface area contributed by atoms with Gasteiger partial charge in [0.25, 0.3) is 0 Å². The van der Waals surface area contributed by atoms with E-state index in [0.29, 0.717) is 6.61 Å². The molecule has 0 aliphatic heterocycles. The molecule has 0 aromatic carbocycles. The number of hydrogen-bond acceptors (Lipinski definition) is 4. The normalized spacial score (nSPS) is 15.5. The molecular formula is C11H23NO3. The van der Waals surface area contributed by atoms with E-state index in [2.05, 4.69) is 0 Å². The van der Waals surface area contributed by atoms with Crippen molar-refractivity contribution in [2.24, 2.45) is 11.7 Å². The summed E-state index contributed by atoms with van der Waals surface area (Å²) in [4.78, 5) is 11.4. The zero-order valence-electron chi connectivity index (χ0n) is 10.3. The Morgan fingerprint density at radius 1 is 1.20 bits per heavy atom. The molecule has 2 N–H and O–H groups in total. The largest absolute Gasteiger partial charge is 0.459 e. The van der Waals surface area contributed by atoms with Crippen LogP contribution < -0.4 is 5.73 Å². The molecule has 2 unspecified atom stereocenters. The van der Waals surface area contributed by atoms with Gasteiger partial charge in [-0.2, -0.15) is 0 Å². The summed E-state index contributed by atoms with van der Waals surface area (Å²) < 4.78 is 10.5. The second-order valence-electron chi connectivity index (χ2n) is 4.40. The predicted molar refractivity (Wildman–Crippen MR) is 59.5 cm³/mol. The molecule has 0 saturated carbocycles. The van der Waals surface area contributed by atoms with Crippen LogP contribution in [0.1, 0.15) is 34.6 Å². The van der Waals surface area contributed by atoms with Gasteiger partial charge >= 0.3 is 5.97 Å². The monoisotopic (exact) mass is 217 g/mol. The Morgan fingerprint density at radius 3 is 2.13 bits per heavy atom. The standard InChI is InChI=1S/C11H23NO3/c1-7(2)10(12)11(13)15-9(5)6-14-8(3)4/h7-10H,6,12H2,1-5H3. The van der Waals surface area contributed by atoms with Gasteiger partial charge in [0, 0.05) is 0 Å². The predicted octanol–water partition coefficient (Wildman–Crippen LogP) is 1.33. The Kier molecular flexibility index (Phi) is 6.52. The van der Waals surface area contributed by atoms with Gasteiger partial charge in [0.05, 0.1) is 12.7 Å². The van der Waals surface area contributed by atoms with Gasteiger partial charge in [-0.25, -0.2) is 0 Å². The molecule has 0 bridgehead atoms. The van der Waals surface area contributed by atoms with Crippen LogP contribution in [0.25, 0.3) is 0 Å².